The Labute approximate surface area is 122 Å². The summed E-state index contributed by atoms with van der Waals surface area (Å²) in [6.07, 6.45) is -4.09. The van der Waals surface area contributed by atoms with Gasteiger partial charge in [0.25, 0.3) is 0 Å². The lowest BCUT2D eigenvalue weighted by Crippen LogP contribution is -2.29. The molecular weight excluding hydrogens is 283 g/mol. The van der Waals surface area contributed by atoms with Crippen molar-refractivity contribution in [2.75, 3.05) is 19.6 Å². The number of aliphatic hydroxyl groups excluding tert-OH is 1. The predicted molar refractivity (Wildman–Crippen MR) is 73.1 cm³/mol. The van der Waals surface area contributed by atoms with Gasteiger partial charge in [0.1, 0.15) is 0 Å². The second-order valence-electron chi connectivity index (χ2n) is 6.10. The summed E-state index contributed by atoms with van der Waals surface area (Å²) in [7, 11) is 0. The number of halogens is 3. The van der Waals surface area contributed by atoms with E-state index >= 15 is 0 Å². The molecule has 0 radical (unpaired) electrons. The Morgan fingerprint density at radius 3 is 2.57 bits per heavy atom. The van der Waals surface area contributed by atoms with Gasteiger partial charge < -0.3 is 5.11 Å². The van der Waals surface area contributed by atoms with Crippen molar-refractivity contribution in [1.29, 1.82) is 0 Å². The molecule has 2 heterocycles. The first-order chi connectivity index (χ1) is 9.68. The van der Waals surface area contributed by atoms with Gasteiger partial charge in [-0.2, -0.15) is 18.3 Å². The molecule has 1 aromatic heterocycles. The van der Waals surface area contributed by atoms with Gasteiger partial charge in [-0.3, -0.25) is 9.58 Å². The molecule has 0 amide bonds. The molecule has 7 heteroatoms. The van der Waals surface area contributed by atoms with Crippen molar-refractivity contribution in [1.82, 2.24) is 14.7 Å². The minimum atomic E-state index is -4.41. The maximum atomic E-state index is 12.9. The van der Waals surface area contributed by atoms with Crippen LogP contribution in [0.2, 0.25) is 0 Å². The zero-order valence-corrected chi connectivity index (χ0v) is 12.6. The van der Waals surface area contributed by atoms with E-state index in [0.717, 1.165) is 19.0 Å². The third kappa shape index (κ3) is 3.77. The molecule has 1 aliphatic heterocycles. The highest BCUT2D eigenvalue weighted by Crippen LogP contribution is 2.33. The second kappa shape index (κ2) is 5.96. The highest BCUT2D eigenvalue weighted by atomic mass is 19.4. The fraction of sp³-hybridized carbons (Fsp3) is 0.786. The van der Waals surface area contributed by atoms with Crippen LogP contribution < -0.4 is 0 Å². The van der Waals surface area contributed by atoms with E-state index in [-0.39, 0.29) is 12.0 Å². The van der Waals surface area contributed by atoms with E-state index in [1.807, 2.05) is 13.8 Å². The maximum absolute atomic E-state index is 12.9. The van der Waals surface area contributed by atoms with Crippen LogP contribution in [0.25, 0.3) is 0 Å². The van der Waals surface area contributed by atoms with E-state index in [1.165, 1.54) is 4.68 Å². The monoisotopic (exact) mass is 305 g/mol. The molecule has 0 aromatic carbocycles. The smallest absolute Gasteiger partial charge is 0.392 e. The van der Waals surface area contributed by atoms with Gasteiger partial charge in [0, 0.05) is 25.3 Å². The Hall–Kier alpha value is -1.08. The number of β-amino-alcohol motifs (C(OH)–C–C–N with tert-alkyl or cyclic N) is 1. The van der Waals surface area contributed by atoms with Gasteiger partial charge >= 0.3 is 6.18 Å². The lowest BCUT2D eigenvalue weighted by atomic mass is 10.1. The maximum Gasteiger partial charge on any atom is 0.435 e. The van der Waals surface area contributed by atoms with E-state index in [2.05, 4.69) is 10.00 Å². The average molecular weight is 305 g/mol. The fourth-order valence-corrected chi connectivity index (χ4v) is 2.82. The minimum Gasteiger partial charge on any atom is -0.392 e. The molecule has 0 spiro atoms. The molecule has 1 saturated heterocycles. The van der Waals surface area contributed by atoms with Gasteiger partial charge in [0.15, 0.2) is 5.69 Å². The van der Waals surface area contributed by atoms with Crippen molar-refractivity contribution in [3.63, 3.8) is 0 Å². The first kappa shape index (κ1) is 16.3. The first-order valence-electron chi connectivity index (χ1n) is 7.25. The van der Waals surface area contributed by atoms with Crippen molar-refractivity contribution in [3.8, 4) is 0 Å². The van der Waals surface area contributed by atoms with Crippen LogP contribution in [-0.4, -0.2) is 45.5 Å². The van der Waals surface area contributed by atoms with E-state index in [9.17, 15) is 18.3 Å². The predicted octanol–water partition coefficient (Wildman–Crippen LogP) is 2.65. The highest BCUT2D eigenvalue weighted by Gasteiger charge is 2.37. The lowest BCUT2D eigenvalue weighted by molar-refractivity contribution is -0.141. The van der Waals surface area contributed by atoms with Crippen molar-refractivity contribution >= 4 is 0 Å². The highest BCUT2D eigenvalue weighted by molar-refractivity contribution is 5.17. The van der Waals surface area contributed by atoms with Gasteiger partial charge in [-0.15, -0.1) is 0 Å². The zero-order chi connectivity index (χ0) is 15.8. The van der Waals surface area contributed by atoms with Crippen LogP contribution >= 0.6 is 0 Å². The topological polar surface area (TPSA) is 41.3 Å². The molecule has 0 saturated carbocycles. The number of hydrogen-bond donors (Lipinski definition) is 1. The Morgan fingerprint density at radius 2 is 2.05 bits per heavy atom. The Bertz CT molecular complexity index is 482. The molecule has 120 valence electrons. The Kier molecular flexibility index (Phi) is 4.63. The SMILES string of the molecule is CC(O)CN1CCC(n2nc(C(F)(F)F)cc2C(C)C)C1. The zero-order valence-electron chi connectivity index (χ0n) is 12.6. The fourth-order valence-electron chi connectivity index (χ4n) is 2.82. The number of likely N-dealkylation sites (tertiary alicyclic amines) is 1. The molecule has 1 aliphatic rings. The van der Waals surface area contributed by atoms with Crippen LogP contribution in [0.5, 0.6) is 0 Å². The normalized spacial score (nSPS) is 22.2. The summed E-state index contributed by atoms with van der Waals surface area (Å²) in [4.78, 5) is 2.06. The summed E-state index contributed by atoms with van der Waals surface area (Å²) in [5.41, 5.74) is -0.202. The average Bonchev–Trinajstić information content (AvgIpc) is 2.91. The van der Waals surface area contributed by atoms with Gasteiger partial charge in [-0.05, 0) is 25.3 Å². The van der Waals surface area contributed by atoms with Crippen molar-refractivity contribution in [2.24, 2.45) is 0 Å². The van der Waals surface area contributed by atoms with Crippen LogP contribution in [0.4, 0.5) is 13.2 Å². The summed E-state index contributed by atoms with van der Waals surface area (Å²) >= 11 is 0. The third-order valence-corrected chi connectivity index (χ3v) is 3.76. The van der Waals surface area contributed by atoms with Crippen molar-refractivity contribution in [3.05, 3.63) is 17.5 Å². The molecular formula is C14H22F3N3O. The number of aromatic nitrogens is 2. The van der Waals surface area contributed by atoms with E-state index in [4.69, 9.17) is 0 Å². The van der Waals surface area contributed by atoms with Gasteiger partial charge in [0.2, 0.25) is 0 Å². The third-order valence-electron chi connectivity index (χ3n) is 3.76. The summed E-state index contributed by atoms with van der Waals surface area (Å²) in [5, 5.41) is 13.2. The van der Waals surface area contributed by atoms with Crippen molar-refractivity contribution in [2.45, 2.75) is 51.4 Å². The number of hydrogen-bond acceptors (Lipinski definition) is 3. The van der Waals surface area contributed by atoms with Crippen LogP contribution in [0.3, 0.4) is 0 Å². The molecule has 0 aliphatic carbocycles. The number of rotatable bonds is 4. The second-order valence-corrected chi connectivity index (χ2v) is 6.10. The van der Waals surface area contributed by atoms with E-state index in [1.54, 1.807) is 6.92 Å². The molecule has 21 heavy (non-hydrogen) atoms. The molecule has 1 N–H and O–H groups in total. The first-order valence-corrected chi connectivity index (χ1v) is 7.25. The number of aliphatic hydroxyl groups is 1. The molecule has 0 bridgehead atoms. The number of alkyl halides is 3. The molecule has 1 aromatic rings. The molecule has 4 nitrogen and oxygen atoms in total. The van der Waals surface area contributed by atoms with E-state index < -0.39 is 18.0 Å². The minimum absolute atomic E-state index is 0.0144. The quantitative estimate of drug-likeness (QED) is 0.930. The molecule has 2 unspecified atom stereocenters. The molecule has 1 fully saturated rings. The summed E-state index contributed by atoms with van der Waals surface area (Å²) < 4.78 is 40.1. The summed E-state index contributed by atoms with van der Waals surface area (Å²) in [6.45, 7) is 7.40. The van der Waals surface area contributed by atoms with Gasteiger partial charge in [-0.25, -0.2) is 0 Å². The molecule has 2 atom stereocenters. The summed E-state index contributed by atoms with van der Waals surface area (Å²) in [6, 6.07) is 1.10. The molecule has 2 rings (SSSR count). The van der Waals surface area contributed by atoms with Crippen LogP contribution in [0, 0.1) is 0 Å². The standard InChI is InChI=1S/C14H22F3N3O/c1-9(2)12-6-13(14(15,16)17)18-20(12)11-4-5-19(8-11)7-10(3)21/h6,9-11,21H,4-5,7-8H2,1-3H3. The van der Waals surface area contributed by atoms with Crippen molar-refractivity contribution < 1.29 is 18.3 Å². The lowest BCUT2D eigenvalue weighted by Gasteiger charge is -2.19. The van der Waals surface area contributed by atoms with Crippen LogP contribution in [-0.2, 0) is 6.18 Å². The Morgan fingerprint density at radius 1 is 1.38 bits per heavy atom. The van der Waals surface area contributed by atoms with E-state index in [0.29, 0.717) is 18.8 Å². The van der Waals surface area contributed by atoms with Crippen LogP contribution in [0.15, 0.2) is 6.07 Å². The van der Waals surface area contributed by atoms with Gasteiger partial charge in [-0.1, -0.05) is 13.8 Å². The van der Waals surface area contributed by atoms with Gasteiger partial charge in [0.05, 0.1) is 12.1 Å². The number of nitrogens with zero attached hydrogens (tertiary/aromatic N) is 3. The van der Waals surface area contributed by atoms with Crippen LogP contribution in [0.1, 0.15) is 50.5 Å². The Balaban J connectivity index is 2.21. The summed E-state index contributed by atoms with van der Waals surface area (Å²) in [5.74, 6) is -0.0144. The largest absolute Gasteiger partial charge is 0.435 e.